The van der Waals surface area contributed by atoms with Gasteiger partial charge in [0.1, 0.15) is 0 Å². The van der Waals surface area contributed by atoms with Gasteiger partial charge in [0.2, 0.25) is 0 Å². The number of H-pyrrole nitrogens is 1. The van der Waals surface area contributed by atoms with Crippen molar-refractivity contribution in [2.24, 2.45) is 0 Å². The van der Waals surface area contributed by atoms with Crippen molar-refractivity contribution in [3.63, 3.8) is 0 Å². The second kappa shape index (κ2) is 4.97. The van der Waals surface area contributed by atoms with E-state index in [9.17, 15) is 4.79 Å². The molecular formula is C17H16N2OS. The minimum absolute atomic E-state index is 0.0793. The molecule has 0 bridgehead atoms. The Labute approximate surface area is 127 Å². The van der Waals surface area contributed by atoms with Crippen LogP contribution in [-0.2, 0) is 0 Å². The quantitative estimate of drug-likeness (QED) is 0.690. The zero-order valence-electron chi connectivity index (χ0n) is 12.2. The molecule has 1 heterocycles. The molecule has 0 atom stereocenters. The summed E-state index contributed by atoms with van der Waals surface area (Å²) in [5, 5.41) is 0.644. The zero-order chi connectivity index (χ0) is 15.1. The van der Waals surface area contributed by atoms with Crippen molar-refractivity contribution in [3.8, 4) is 5.69 Å². The van der Waals surface area contributed by atoms with Crippen LogP contribution in [0.25, 0.3) is 16.6 Å². The summed E-state index contributed by atoms with van der Waals surface area (Å²) in [5.41, 5.74) is 4.83. The minimum atomic E-state index is -0.0793. The van der Waals surface area contributed by atoms with Crippen molar-refractivity contribution in [1.82, 2.24) is 9.55 Å². The van der Waals surface area contributed by atoms with Crippen LogP contribution in [0, 0.1) is 25.5 Å². The normalized spacial score (nSPS) is 11.0. The first kappa shape index (κ1) is 13.8. The van der Waals surface area contributed by atoms with E-state index in [-0.39, 0.29) is 5.56 Å². The van der Waals surface area contributed by atoms with E-state index in [1.807, 2.05) is 45.0 Å². The Kier molecular flexibility index (Phi) is 3.26. The van der Waals surface area contributed by atoms with Gasteiger partial charge in [0.05, 0.1) is 16.6 Å². The number of hydrogen-bond acceptors (Lipinski definition) is 2. The summed E-state index contributed by atoms with van der Waals surface area (Å²) in [5.74, 6) is 0. The summed E-state index contributed by atoms with van der Waals surface area (Å²) in [6, 6.07) is 11.6. The molecule has 3 nitrogen and oxygen atoms in total. The summed E-state index contributed by atoms with van der Waals surface area (Å²) >= 11 is 5.41. The fraction of sp³-hybridized carbons (Fsp3) is 0.176. The molecule has 4 heteroatoms. The van der Waals surface area contributed by atoms with Crippen LogP contribution in [0.2, 0.25) is 0 Å². The van der Waals surface area contributed by atoms with Gasteiger partial charge in [0.15, 0.2) is 4.77 Å². The van der Waals surface area contributed by atoms with Crippen LogP contribution in [0.3, 0.4) is 0 Å². The van der Waals surface area contributed by atoms with E-state index in [1.165, 1.54) is 5.56 Å². The van der Waals surface area contributed by atoms with Crippen molar-refractivity contribution in [2.45, 2.75) is 20.8 Å². The number of aromatic amines is 1. The Hall–Kier alpha value is -2.20. The predicted octanol–water partition coefficient (Wildman–Crippen LogP) is 3.97. The molecule has 3 aromatic rings. The Morgan fingerprint density at radius 1 is 1.05 bits per heavy atom. The van der Waals surface area contributed by atoms with Gasteiger partial charge in [-0.15, -0.1) is 0 Å². The molecular weight excluding hydrogens is 280 g/mol. The summed E-state index contributed by atoms with van der Waals surface area (Å²) in [4.78, 5) is 16.0. The molecule has 0 amide bonds. The van der Waals surface area contributed by atoms with Gasteiger partial charge in [-0.3, -0.25) is 9.36 Å². The standard InChI is InChI=1S/C17H16N2OS/c1-10-8-11(2)15(12(3)9-10)19-16(20)13-6-4-5-7-14(13)18-17(19)21/h4-9H,1-3H3,(H,18,21). The molecule has 2 aromatic carbocycles. The van der Waals surface area contributed by atoms with Crippen LogP contribution in [0.5, 0.6) is 0 Å². The third-order valence-corrected chi connectivity index (χ3v) is 3.95. The second-order valence-corrected chi connectivity index (χ2v) is 5.75. The van der Waals surface area contributed by atoms with Gasteiger partial charge in [0, 0.05) is 0 Å². The molecule has 0 fully saturated rings. The molecule has 1 N–H and O–H groups in total. The smallest absolute Gasteiger partial charge is 0.266 e. The molecule has 0 spiro atoms. The largest absolute Gasteiger partial charge is 0.331 e. The van der Waals surface area contributed by atoms with Crippen LogP contribution in [-0.4, -0.2) is 9.55 Å². The average Bonchev–Trinajstić information content (AvgIpc) is 2.41. The molecule has 0 radical (unpaired) electrons. The second-order valence-electron chi connectivity index (χ2n) is 5.36. The van der Waals surface area contributed by atoms with Crippen LogP contribution in [0.15, 0.2) is 41.2 Å². The molecule has 21 heavy (non-hydrogen) atoms. The maximum atomic E-state index is 12.8. The lowest BCUT2D eigenvalue weighted by Crippen LogP contribution is -2.22. The van der Waals surface area contributed by atoms with Crippen LogP contribution in [0.4, 0.5) is 0 Å². The topological polar surface area (TPSA) is 37.8 Å². The van der Waals surface area contributed by atoms with E-state index in [0.29, 0.717) is 10.2 Å². The SMILES string of the molecule is Cc1cc(C)c(-n2c(=S)[nH]c3ccccc3c2=O)c(C)c1. The zero-order valence-corrected chi connectivity index (χ0v) is 13.0. The first-order valence-corrected chi connectivity index (χ1v) is 7.22. The van der Waals surface area contributed by atoms with Crippen molar-refractivity contribution in [3.05, 3.63) is 68.2 Å². The average molecular weight is 296 g/mol. The third kappa shape index (κ3) is 2.21. The molecule has 0 aliphatic heterocycles. The molecule has 106 valence electrons. The van der Waals surface area contributed by atoms with Crippen LogP contribution < -0.4 is 5.56 Å². The first-order valence-electron chi connectivity index (χ1n) is 6.81. The van der Waals surface area contributed by atoms with E-state index in [2.05, 4.69) is 17.1 Å². The lowest BCUT2D eigenvalue weighted by molar-refractivity contribution is 0.919. The number of para-hydroxylation sites is 1. The maximum Gasteiger partial charge on any atom is 0.266 e. The fourth-order valence-corrected chi connectivity index (χ4v) is 3.17. The van der Waals surface area contributed by atoms with Crippen molar-refractivity contribution >= 4 is 23.1 Å². The summed E-state index contributed by atoms with van der Waals surface area (Å²) in [6.45, 7) is 6.06. The highest BCUT2D eigenvalue weighted by atomic mass is 32.1. The number of aromatic nitrogens is 2. The number of rotatable bonds is 1. The molecule has 0 saturated heterocycles. The number of hydrogen-bond donors (Lipinski definition) is 1. The molecule has 1 aromatic heterocycles. The molecule has 0 aliphatic carbocycles. The Morgan fingerprint density at radius 3 is 2.33 bits per heavy atom. The number of benzene rings is 2. The van der Waals surface area contributed by atoms with Gasteiger partial charge in [0.25, 0.3) is 5.56 Å². The lowest BCUT2D eigenvalue weighted by atomic mass is 10.0. The summed E-state index contributed by atoms with van der Waals surface area (Å²) in [6.07, 6.45) is 0. The van der Waals surface area contributed by atoms with E-state index in [4.69, 9.17) is 12.2 Å². The summed E-state index contributed by atoms with van der Waals surface area (Å²) in [7, 11) is 0. The van der Waals surface area contributed by atoms with Crippen molar-refractivity contribution < 1.29 is 0 Å². The van der Waals surface area contributed by atoms with Gasteiger partial charge in [-0.1, -0.05) is 29.8 Å². The van der Waals surface area contributed by atoms with Crippen LogP contribution in [0.1, 0.15) is 16.7 Å². The first-order chi connectivity index (χ1) is 9.99. The third-order valence-electron chi connectivity index (χ3n) is 3.66. The maximum absolute atomic E-state index is 12.8. The Morgan fingerprint density at radius 2 is 1.67 bits per heavy atom. The Bertz CT molecular complexity index is 943. The van der Waals surface area contributed by atoms with Crippen molar-refractivity contribution in [2.75, 3.05) is 0 Å². The van der Waals surface area contributed by atoms with E-state index in [1.54, 1.807) is 4.57 Å². The predicted molar refractivity (Wildman–Crippen MR) is 88.9 cm³/mol. The van der Waals surface area contributed by atoms with E-state index >= 15 is 0 Å². The monoisotopic (exact) mass is 296 g/mol. The number of aryl methyl sites for hydroxylation is 3. The molecule has 0 saturated carbocycles. The number of nitrogens with one attached hydrogen (secondary N) is 1. The Balaban J connectivity index is 2.47. The van der Waals surface area contributed by atoms with Gasteiger partial charge >= 0.3 is 0 Å². The van der Waals surface area contributed by atoms with Gasteiger partial charge in [-0.25, -0.2) is 0 Å². The van der Waals surface area contributed by atoms with Gasteiger partial charge in [-0.05, 0) is 56.2 Å². The number of nitrogens with zero attached hydrogens (tertiary/aromatic N) is 1. The van der Waals surface area contributed by atoms with Gasteiger partial charge < -0.3 is 4.98 Å². The van der Waals surface area contributed by atoms with E-state index < -0.39 is 0 Å². The molecule has 0 aliphatic rings. The lowest BCUT2D eigenvalue weighted by Gasteiger charge is -2.14. The highest BCUT2D eigenvalue weighted by molar-refractivity contribution is 7.71. The summed E-state index contributed by atoms with van der Waals surface area (Å²) < 4.78 is 2.02. The van der Waals surface area contributed by atoms with E-state index in [0.717, 1.165) is 22.3 Å². The fourth-order valence-electron chi connectivity index (χ4n) is 2.89. The van der Waals surface area contributed by atoms with Crippen molar-refractivity contribution in [1.29, 1.82) is 0 Å². The molecule has 3 rings (SSSR count). The van der Waals surface area contributed by atoms with Crippen LogP contribution >= 0.6 is 12.2 Å². The minimum Gasteiger partial charge on any atom is -0.331 e. The highest BCUT2D eigenvalue weighted by Gasteiger charge is 2.12. The molecule has 0 unspecified atom stereocenters. The van der Waals surface area contributed by atoms with Gasteiger partial charge in [-0.2, -0.15) is 0 Å². The highest BCUT2D eigenvalue weighted by Crippen LogP contribution is 2.20. The number of fused-ring (bicyclic) bond motifs is 1.